The highest BCUT2D eigenvalue weighted by Gasteiger charge is 2.50. The van der Waals surface area contributed by atoms with Crippen molar-refractivity contribution in [2.45, 2.75) is 41.7 Å². The number of hydrogen-bond acceptors (Lipinski definition) is 7. The lowest BCUT2D eigenvalue weighted by atomic mass is 9.92. The van der Waals surface area contributed by atoms with Crippen LogP contribution in [0.4, 0.5) is 0 Å². The molecule has 1 amide bonds. The normalized spacial score (nSPS) is 33.2. The van der Waals surface area contributed by atoms with Gasteiger partial charge in [-0.3, -0.25) is 14.6 Å². The van der Waals surface area contributed by atoms with Gasteiger partial charge in [0.1, 0.15) is 11.9 Å². The summed E-state index contributed by atoms with van der Waals surface area (Å²) in [6.07, 6.45) is 3.68. The highest BCUT2D eigenvalue weighted by atomic mass is 32.2. The molecule has 7 rings (SSSR count). The Balaban J connectivity index is 1.45. The molecular formula is C27H27N3O4S. The van der Waals surface area contributed by atoms with Crippen molar-refractivity contribution in [3.63, 3.8) is 0 Å². The fourth-order valence-electron chi connectivity index (χ4n) is 6.03. The summed E-state index contributed by atoms with van der Waals surface area (Å²) in [6.45, 7) is 1.69. The third kappa shape index (κ3) is 3.42. The Morgan fingerprint density at radius 3 is 2.86 bits per heavy atom. The monoisotopic (exact) mass is 489 g/mol. The van der Waals surface area contributed by atoms with Crippen LogP contribution in [0.2, 0.25) is 0 Å². The molecule has 7 nitrogen and oxygen atoms in total. The lowest BCUT2D eigenvalue weighted by molar-refractivity contribution is -0.185. The molecule has 2 aromatic carbocycles. The molecular weight excluding hydrogens is 462 g/mol. The van der Waals surface area contributed by atoms with Gasteiger partial charge in [0.2, 0.25) is 0 Å². The maximum absolute atomic E-state index is 13.6. The minimum absolute atomic E-state index is 0.179. The van der Waals surface area contributed by atoms with Crippen molar-refractivity contribution in [1.82, 2.24) is 14.9 Å². The Labute approximate surface area is 208 Å². The van der Waals surface area contributed by atoms with Crippen molar-refractivity contribution < 1.29 is 19.4 Å². The molecule has 2 bridgehead atoms. The van der Waals surface area contributed by atoms with Gasteiger partial charge in [0.05, 0.1) is 19.3 Å². The van der Waals surface area contributed by atoms with Crippen molar-refractivity contribution in [3.8, 4) is 5.75 Å². The Hall–Kier alpha value is -2.81. The number of hydrazine groups is 1. The van der Waals surface area contributed by atoms with E-state index < -0.39 is 17.9 Å². The molecule has 4 aliphatic heterocycles. The number of ether oxygens (including phenoxy) is 1. The van der Waals surface area contributed by atoms with Gasteiger partial charge >= 0.3 is 0 Å². The Morgan fingerprint density at radius 2 is 1.94 bits per heavy atom. The molecule has 8 heteroatoms. The number of hydrogen-bond donors (Lipinski definition) is 1. The molecule has 0 aromatic heterocycles. The molecule has 4 heterocycles. The average molecular weight is 490 g/mol. The maximum atomic E-state index is 13.6. The molecule has 1 saturated carbocycles. The number of nitrogens with zero attached hydrogens (tertiary/aromatic N) is 3. The lowest BCUT2D eigenvalue weighted by Gasteiger charge is -2.52. The average Bonchev–Trinajstić information content (AvgIpc) is 3.65. The van der Waals surface area contributed by atoms with Gasteiger partial charge in [-0.15, -0.1) is 11.8 Å². The summed E-state index contributed by atoms with van der Waals surface area (Å²) in [6, 6.07) is 13.5. The maximum Gasteiger partial charge on any atom is 0.251 e. The number of carbonyl (C=O) groups excluding carboxylic acids is 2. The van der Waals surface area contributed by atoms with Gasteiger partial charge in [-0.25, -0.2) is 0 Å². The van der Waals surface area contributed by atoms with Crippen molar-refractivity contribution in [1.29, 1.82) is 0 Å². The predicted molar refractivity (Wildman–Crippen MR) is 130 cm³/mol. The first kappa shape index (κ1) is 21.5. The van der Waals surface area contributed by atoms with Crippen LogP contribution in [-0.2, 0) is 15.3 Å². The van der Waals surface area contributed by atoms with E-state index in [0.29, 0.717) is 31.7 Å². The van der Waals surface area contributed by atoms with E-state index in [1.54, 1.807) is 11.2 Å². The molecule has 6 atom stereocenters. The molecule has 180 valence electrons. The van der Waals surface area contributed by atoms with Crippen molar-refractivity contribution in [2.24, 2.45) is 11.8 Å². The Kier molecular flexibility index (Phi) is 4.98. The zero-order valence-corrected chi connectivity index (χ0v) is 20.1. The quantitative estimate of drug-likeness (QED) is 0.610. The van der Waals surface area contributed by atoms with Crippen LogP contribution in [-0.4, -0.2) is 63.7 Å². The molecule has 1 aliphatic carbocycles. The van der Waals surface area contributed by atoms with Crippen LogP contribution >= 0.6 is 11.8 Å². The summed E-state index contributed by atoms with van der Waals surface area (Å²) in [7, 11) is 0. The molecule has 2 fully saturated rings. The smallest absolute Gasteiger partial charge is 0.251 e. The number of ketones is 1. The summed E-state index contributed by atoms with van der Waals surface area (Å²) in [4.78, 5) is 29.1. The van der Waals surface area contributed by atoms with Crippen molar-refractivity contribution in [2.75, 3.05) is 19.8 Å². The molecule has 1 saturated heterocycles. The van der Waals surface area contributed by atoms with E-state index in [2.05, 4.69) is 41.4 Å². The molecule has 5 aliphatic rings. The van der Waals surface area contributed by atoms with E-state index in [1.165, 1.54) is 16.5 Å². The van der Waals surface area contributed by atoms with Gasteiger partial charge in [-0.2, -0.15) is 5.01 Å². The van der Waals surface area contributed by atoms with E-state index in [4.69, 9.17) is 4.74 Å². The highest BCUT2D eigenvalue weighted by molar-refractivity contribution is 7.98. The van der Waals surface area contributed by atoms with Gasteiger partial charge in [-0.05, 0) is 47.9 Å². The van der Waals surface area contributed by atoms with E-state index in [0.717, 1.165) is 35.5 Å². The standard InChI is InChI=1S/C27H27N3O4S/c31-20-9-11-29-25(26(20)32)27(33)28-10-8-16-12-18(16)13-34-21-6-3-4-17-14-35-22-7-2-1-5-19(22)24(23(17)21)30(29)15-28/h1-7,9,11,16,18,24-26,32H,8,10,12-15H2/t16-,18-,24-,25?,26?/m1/s1. The van der Waals surface area contributed by atoms with Gasteiger partial charge in [-0.1, -0.05) is 30.3 Å². The first-order valence-electron chi connectivity index (χ1n) is 12.3. The number of aliphatic hydroxyl groups is 1. The molecule has 2 aromatic rings. The number of rotatable bonds is 0. The molecule has 0 spiro atoms. The van der Waals surface area contributed by atoms with Gasteiger partial charge in [0, 0.05) is 35.0 Å². The van der Waals surface area contributed by atoms with Crippen molar-refractivity contribution >= 4 is 23.5 Å². The summed E-state index contributed by atoms with van der Waals surface area (Å²) in [5.74, 6) is 2.15. The number of benzene rings is 2. The van der Waals surface area contributed by atoms with E-state index in [-0.39, 0.29) is 11.9 Å². The van der Waals surface area contributed by atoms with Crippen LogP contribution in [0.3, 0.4) is 0 Å². The number of fused-ring (bicyclic) bond motifs is 8. The number of amides is 1. The van der Waals surface area contributed by atoms with Crippen LogP contribution in [0.5, 0.6) is 5.75 Å². The first-order valence-corrected chi connectivity index (χ1v) is 13.3. The Bertz CT molecular complexity index is 1250. The first-order chi connectivity index (χ1) is 17.1. The van der Waals surface area contributed by atoms with Crippen molar-refractivity contribution in [3.05, 3.63) is 71.4 Å². The van der Waals surface area contributed by atoms with Crippen LogP contribution in [0.15, 0.2) is 59.6 Å². The number of thioether (sulfide) groups is 1. The van der Waals surface area contributed by atoms with E-state index in [1.807, 2.05) is 22.7 Å². The van der Waals surface area contributed by atoms with E-state index in [9.17, 15) is 14.7 Å². The SMILES string of the molecule is O=C1C=CN2C(C(=O)N3CC[C@@H]4C[C@@H]4COc4cccc5c4[C@@H](c4ccccc4SC5)N2C3)C1O. The van der Waals surface area contributed by atoms with Gasteiger partial charge in [0.15, 0.2) is 11.8 Å². The topological polar surface area (TPSA) is 73.3 Å². The molecule has 3 unspecified atom stereocenters. The zero-order valence-electron chi connectivity index (χ0n) is 19.2. The third-order valence-electron chi connectivity index (χ3n) is 8.06. The summed E-state index contributed by atoms with van der Waals surface area (Å²) >= 11 is 1.81. The molecule has 1 N–H and O–H groups in total. The fourth-order valence-corrected chi connectivity index (χ4v) is 7.12. The van der Waals surface area contributed by atoms with Crippen LogP contribution in [0.25, 0.3) is 0 Å². The fraction of sp³-hybridized carbons (Fsp3) is 0.407. The second kappa shape index (κ2) is 8.11. The minimum Gasteiger partial charge on any atom is -0.493 e. The van der Waals surface area contributed by atoms with Gasteiger partial charge in [0.25, 0.3) is 5.91 Å². The summed E-state index contributed by atoms with van der Waals surface area (Å²) in [5, 5.41) is 14.8. The largest absolute Gasteiger partial charge is 0.493 e. The summed E-state index contributed by atoms with van der Waals surface area (Å²) in [5.41, 5.74) is 3.45. The molecule has 0 radical (unpaired) electrons. The van der Waals surface area contributed by atoms with Crippen LogP contribution < -0.4 is 4.74 Å². The second-order valence-corrected chi connectivity index (χ2v) is 11.1. The highest BCUT2D eigenvalue weighted by Crippen LogP contribution is 2.49. The number of aliphatic hydroxyl groups excluding tert-OH is 1. The third-order valence-corrected chi connectivity index (χ3v) is 9.20. The van der Waals surface area contributed by atoms with Crippen LogP contribution in [0, 0.1) is 11.8 Å². The predicted octanol–water partition coefficient (Wildman–Crippen LogP) is 2.94. The molecule has 35 heavy (non-hydrogen) atoms. The van der Waals surface area contributed by atoms with Crippen LogP contribution in [0.1, 0.15) is 35.6 Å². The summed E-state index contributed by atoms with van der Waals surface area (Å²) < 4.78 is 6.51. The van der Waals surface area contributed by atoms with E-state index >= 15 is 0 Å². The van der Waals surface area contributed by atoms with Gasteiger partial charge < -0.3 is 14.7 Å². The zero-order chi connectivity index (χ0) is 23.7. The Morgan fingerprint density at radius 1 is 1.06 bits per heavy atom. The minimum atomic E-state index is -1.39. The number of carbonyl (C=O) groups is 2. The second-order valence-electron chi connectivity index (χ2n) is 10.1. The lowest BCUT2D eigenvalue weighted by Crippen LogP contribution is -2.68.